The molecule has 3 aromatic carbocycles. The molecule has 1 aliphatic heterocycles. The highest BCUT2D eigenvalue weighted by atomic mass is 32.2. The Balaban J connectivity index is 0.000000285. The maximum atomic E-state index is 14.8. The van der Waals surface area contributed by atoms with E-state index in [-0.39, 0.29) is 23.3 Å². The average Bonchev–Trinajstić information content (AvgIpc) is 2.99. The summed E-state index contributed by atoms with van der Waals surface area (Å²) >= 11 is 1.78. The first-order chi connectivity index (χ1) is 20.7. The van der Waals surface area contributed by atoms with Gasteiger partial charge in [-0.1, -0.05) is 24.3 Å². The fourth-order valence-corrected chi connectivity index (χ4v) is 5.55. The summed E-state index contributed by atoms with van der Waals surface area (Å²) in [6, 6.07) is 14.8. The lowest BCUT2D eigenvalue weighted by molar-refractivity contribution is -0.142. The van der Waals surface area contributed by atoms with Gasteiger partial charge in [-0.3, -0.25) is 9.59 Å². The summed E-state index contributed by atoms with van der Waals surface area (Å²) in [7, 11) is 0. The number of alkyl halides is 3. The normalized spacial score (nSPS) is 13.6. The number of carboxylic acids is 1. The van der Waals surface area contributed by atoms with E-state index in [2.05, 4.69) is 0 Å². The second-order valence-corrected chi connectivity index (χ2v) is 11.9. The first-order valence-corrected chi connectivity index (χ1v) is 14.6. The predicted molar refractivity (Wildman–Crippen MR) is 160 cm³/mol. The van der Waals surface area contributed by atoms with Crippen LogP contribution in [0.5, 0.6) is 0 Å². The third-order valence-corrected chi connectivity index (χ3v) is 8.30. The minimum Gasteiger partial charge on any atom is -0.481 e. The molecule has 2 heterocycles. The van der Waals surface area contributed by atoms with Crippen molar-refractivity contribution in [3.8, 4) is 6.07 Å². The van der Waals surface area contributed by atoms with E-state index in [1.807, 2.05) is 11.0 Å². The second kappa shape index (κ2) is 13.1. The van der Waals surface area contributed by atoms with Crippen molar-refractivity contribution in [2.45, 2.75) is 32.0 Å². The SMILES string of the molecule is CC(C)(C(=O)O)c1ccc(F)cc1.N#Cc1cn(Cc2ccc(C(F)(F)F)cc2)c2cc(N3CCSCC3)c(F)cc2c1=O. The van der Waals surface area contributed by atoms with Crippen LogP contribution in [0, 0.1) is 23.0 Å². The zero-order valence-corrected chi connectivity index (χ0v) is 24.6. The number of nitrogens with zero attached hydrogens (tertiary/aromatic N) is 3. The molecule has 6 nitrogen and oxygen atoms in total. The number of carbonyl (C=O) groups is 1. The van der Waals surface area contributed by atoms with Gasteiger partial charge in [0.15, 0.2) is 0 Å². The predicted octanol–water partition coefficient (Wildman–Crippen LogP) is 6.82. The van der Waals surface area contributed by atoms with Crippen molar-refractivity contribution in [2.24, 2.45) is 0 Å². The molecule has 0 bridgehead atoms. The van der Waals surface area contributed by atoms with Gasteiger partial charge in [-0.05, 0) is 61.4 Å². The number of pyridine rings is 1. The number of aliphatic carboxylic acids is 1. The standard InChI is InChI=1S/C22H17F4N3OS.C10H11FO2/c23-18-9-17-19(10-20(18)28-5-7-31-8-6-28)29(13-15(11-27)21(17)30)12-14-1-3-16(4-2-14)22(24,25)26;1-10(2,9(12)13)7-3-5-8(11)6-4-7/h1-4,9-10,13H,5-8,12H2;3-6H,1-2H3,(H,12,13). The number of rotatable bonds is 5. The Morgan fingerprint density at radius 3 is 2.11 bits per heavy atom. The molecule has 0 atom stereocenters. The number of hydrogen-bond acceptors (Lipinski definition) is 5. The van der Waals surface area contributed by atoms with Crippen molar-refractivity contribution in [3.05, 3.63) is 111 Å². The highest BCUT2D eigenvalue weighted by Gasteiger charge is 2.30. The fraction of sp³-hybridized carbons (Fsp3) is 0.281. The molecule has 0 amide bonds. The van der Waals surface area contributed by atoms with E-state index < -0.39 is 34.4 Å². The van der Waals surface area contributed by atoms with Gasteiger partial charge in [-0.2, -0.15) is 30.2 Å². The number of benzene rings is 3. The van der Waals surface area contributed by atoms with Gasteiger partial charge in [-0.15, -0.1) is 0 Å². The van der Waals surface area contributed by atoms with Crippen molar-refractivity contribution in [1.29, 1.82) is 5.26 Å². The van der Waals surface area contributed by atoms with Crippen LogP contribution in [-0.2, 0) is 22.9 Å². The zero-order valence-electron chi connectivity index (χ0n) is 23.8. The summed E-state index contributed by atoms with van der Waals surface area (Å²) in [4.78, 5) is 25.3. The Bertz CT molecular complexity index is 1760. The Kier molecular flexibility index (Phi) is 9.69. The van der Waals surface area contributed by atoms with Gasteiger partial charge in [0.05, 0.1) is 27.6 Å². The van der Waals surface area contributed by atoms with E-state index in [0.717, 1.165) is 29.7 Å². The third kappa shape index (κ3) is 7.22. The smallest absolute Gasteiger partial charge is 0.416 e. The highest BCUT2D eigenvalue weighted by molar-refractivity contribution is 7.99. The first-order valence-electron chi connectivity index (χ1n) is 13.5. The molecule has 12 heteroatoms. The fourth-order valence-electron chi connectivity index (χ4n) is 4.64. The van der Waals surface area contributed by atoms with Gasteiger partial charge in [-0.25, -0.2) is 8.78 Å². The molecule has 0 radical (unpaired) electrons. The van der Waals surface area contributed by atoms with Gasteiger partial charge in [0, 0.05) is 37.3 Å². The number of anilines is 1. The molecule has 4 aromatic rings. The van der Waals surface area contributed by atoms with Gasteiger partial charge in [0.25, 0.3) is 0 Å². The van der Waals surface area contributed by atoms with Crippen LogP contribution in [0.1, 0.15) is 36.1 Å². The average molecular weight is 630 g/mol. The Hall–Kier alpha value is -4.37. The van der Waals surface area contributed by atoms with Crippen LogP contribution in [0.4, 0.5) is 27.6 Å². The van der Waals surface area contributed by atoms with Gasteiger partial charge in [0.2, 0.25) is 5.43 Å². The summed E-state index contributed by atoms with van der Waals surface area (Å²) in [6.45, 7) is 4.65. The van der Waals surface area contributed by atoms with Crippen LogP contribution in [0.3, 0.4) is 0 Å². The number of halogens is 5. The summed E-state index contributed by atoms with van der Waals surface area (Å²) in [6.07, 6.45) is -3.06. The van der Waals surface area contributed by atoms with Crippen molar-refractivity contribution >= 4 is 34.3 Å². The molecule has 1 aromatic heterocycles. The first kappa shape index (κ1) is 32.5. The van der Waals surface area contributed by atoms with Gasteiger partial charge >= 0.3 is 12.1 Å². The summed E-state index contributed by atoms with van der Waals surface area (Å²) < 4.78 is 67.5. The highest BCUT2D eigenvalue weighted by Crippen LogP contribution is 2.30. The quantitative estimate of drug-likeness (QED) is 0.244. The van der Waals surface area contributed by atoms with Crippen LogP contribution in [0.15, 0.2) is 71.7 Å². The molecule has 44 heavy (non-hydrogen) atoms. The second-order valence-electron chi connectivity index (χ2n) is 10.7. The molecule has 5 rings (SSSR count). The monoisotopic (exact) mass is 629 g/mol. The molecule has 0 aliphatic carbocycles. The zero-order chi connectivity index (χ0) is 32.2. The number of thioether (sulfide) groups is 1. The molecule has 230 valence electrons. The molecule has 1 saturated heterocycles. The molecule has 0 unspecified atom stereocenters. The van der Waals surface area contributed by atoms with E-state index in [4.69, 9.17) is 5.11 Å². The van der Waals surface area contributed by atoms with Crippen LogP contribution >= 0.6 is 11.8 Å². The molecular formula is C32H28F5N3O3S. The molecule has 0 saturated carbocycles. The van der Waals surface area contributed by atoms with Crippen LogP contribution in [-0.4, -0.2) is 40.2 Å². The summed E-state index contributed by atoms with van der Waals surface area (Å²) in [5.41, 5.74) is -0.485. The topological polar surface area (TPSA) is 86.3 Å². The Morgan fingerprint density at radius 2 is 1.57 bits per heavy atom. The Labute approximate surface area is 254 Å². The van der Waals surface area contributed by atoms with Crippen LogP contribution < -0.4 is 10.3 Å². The third-order valence-electron chi connectivity index (χ3n) is 7.36. The summed E-state index contributed by atoms with van der Waals surface area (Å²) in [5, 5.41) is 18.3. The minimum absolute atomic E-state index is 0.0681. The minimum atomic E-state index is -4.43. The lowest BCUT2D eigenvalue weighted by atomic mass is 9.85. The Morgan fingerprint density at radius 1 is 0.977 bits per heavy atom. The van der Waals surface area contributed by atoms with Crippen molar-refractivity contribution in [2.75, 3.05) is 29.5 Å². The summed E-state index contributed by atoms with van der Waals surface area (Å²) in [5.74, 6) is -0.0800. The number of hydrogen-bond donors (Lipinski definition) is 1. The van der Waals surface area contributed by atoms with Gasteiger partial charge < -0.3 is 14.6 Å². The van der Waals surface area contributed by atoms with Crippen molar-refractivity contribution in [1.82, 2.24) is 4.57 Å². The maximum absolute atomic E-state index is 14.8. The molecule has 0 spiro atoms. The largest absolute Gasteiger partial charge is 0.481 e. The van der Waals surface area contributed by atoms with E-state index >= 15 is 0 Å². The number of carboxylic acid groups (broad SMARTS) is 1. The van der Waals surface area contributed by atoms with E-state index in [1.54, 1.807) is 36.2 Å². The van der Waals surface area contributed by atoms with Crippen LogP contribution in [0.2, 0.25) is 0 Å². The molecule has 1 N–H and O–H groups in total. The molecule has 1 aliphatic rings. The maximum Gasteiger partial charge on any atom is 0.416 e. The van der Waals surface area contributed by atoms with Gasteiger partial charge in [0.1, 0.15) is 23.3 Å². The number of fused-ring (bicyclic) bond motifs is 1. The number of nitriles is 1. The van der Waals surface area contributed by atoms with E-state index in [1.165, 1.54) is 42.6 Å². The van der Waals surface area contributed by atoms with Crippen LogP contribution in [0.25, 0.3) is 10.9 Å². The van der Waals surface area contributed by atoms with Crippen molar-refractivity contribution < 1.29 is 31.9 Å². The lowest BCUT2D eigenvalue weighted by Gasteiger charge is -2.29. The van der Waals surface area contributed by atoms with E-state index in [9.17, 15) is 36.8 Å². The van der Waals surface area contributed by atoms with E-state index in [0.29, 0.717) is 35.4 Å². The van der Waals surface area contributed by atoms with Crippen molar-refractivity contribution in [3.63, 3.8) is 0 Å². The number of aromatic nitrogens is 1. The lowest BCUT2D eigenvalue weighted by Crippen LogP contribution is -2.33. The molecule has 1 fully saturated rings. The molecular weight excluding hydrogens is 601 g/mol.